The van der Waals surface area contributed by atoms with Gasteiger partial charge in [-0.3, -0.25) is 0 Å². The molecule has 16 heavy (non-hydrogen) atoms. The van der Waals surface area contributed by atoms with E-state index in [1.807, 2.05) is 0 Å². The fourth-order valence-electron chi connectivity index (χ4n) is 2.91. The van der Waals surface area contributed by atoms with Crippen LogP contribution in [0.2, 0.25) is 0 Å². The Morgan fingerprint density at radius 2 is 2.00 bits per heavy atom. The van der Waals surface area contributed by atoms with Gasteiger partial charge >= 0.3 is 0 Å². The lowest BCUT2D eigenvalue weighted by Crippen LogP contribution is -2.33. The van der Waals surface area contributed by atoms with Crippen molar-refractivity contribution in [3.8, 4) is 0 Å². The second-order valence-electron chi connectivity index (χ2n) is 5.43. The van der Waals surface area contributed by atoms with E-state index in [9.17, 15) is 0 Å². The summed E-state index contributed by atoms with van der Waals surface area (Å²) in [7, 11) is 0. The summed E-state index contributed by atoms with van der Waals surface area (Å²) in [5.74, 6) is 0. The fraction of sp³-hybridized carbons (Fsp3) is 0.571. The molecule has 1 atom stereocenters. The standard InChI is InChI=1S/C14H20N2/c15-13-6-9-16(10-13)11-14(7-8-14)12-4-2-1-3-5-12/h1-5,13H,6-11,15H2. The van der Waals surface area contributed by atoms with E-state index in [2.05, 4.69) is 35.2 Å². The van der Waals surface area contributed by atoms with Gasteiger partial charge in [-0.1, -0.05) is 30.3 Å². The van der Waals surface area contributed by atoms with Crippen LogP contribution in [-0.2, 0) is 5.41 Å². The summed E-state index contributed by atoms with van der Waals surface area (Å²) in [6.07, 6.45) is 3.87. The van der Waals surface area contributed by atoms with Crippen molar-refractivity contribution in [2.45, 2.75) is 30.7 Å². The molecular weight excluding hydrogens is 196 g/mol. The number of nitrogens with zero attached hydrogens (tertiary/aromatic N) is 1. The summed E-state index contributed by atoms with van der Waals surface area (Å²) in [6.45, 7) is 3.50. The van der Waals surface area contributed by atoms with Crippen LogP contribution in [0.25, 0.3) is 0 Å². The zero-order chi connectivity index (χ0) is 11.0. The topological polar surface area (TPSA) is 29.3 Å². The average Bonchev–Trinajstić information content (AvgIpc) is 2.98. The molecule has 2 heteroatoms. The van der Waals surface area contributed by atoms with Gasteiger partial charge in [0.1, 0.15) is 0 Å². The third-order valence-corrected chi connectivity index (χ3v) is 4.07. The maximum Gasteiger partial charge on any atom is 0.0180 e. The van der Waals surface area contributed by atoms with E-state index in [1.165, 1.54) is 37.9 Å². The molecule has 1 aliphatic carbocycles. The van der Waals surface area contributed by atoms with Gasteiger partial charge in [0, 0.05) is 24.5 Å². The monoisotopic (exact) mass is 216 g/mol. The predicted octanol–water partition coefficient (Wildman–Crippen LogP) is 1.75. The van der Waals surface area contributed by atoms with E-state index in [4.69, 9.17) is 5.73 Å². The summed E-state index contributed by atoms with van der Waals surface area (Å²) in [5, 5.41) is 0. The highest BCUT2D eigenvalue weighted by molar-refractivity contribution is 5.31. The Bertz CT molecular complexity index is 356. The van der Waals surface area contributed by atoms with E-state index < -0.39 is 0 Å². The summed E-state index contributed by atoms with van der Waals surface area (Å²) < 4.78 is 0. The molecule has 2 N–H and O–H groups in total. The van der Waals surface area contributed by atoms with Gasteiger partial charge in [0.05, 0.1) is 0 Å². The van der Waals surface area contributed by atoms with Crippen molar-refractivity contribution in [2.24, 2.45) is 5.73 Å². The van der Waals surface area contributed by atoms with Crippen LogP contribution >= 0.6 is 0 Å². The van der Waals surface area contributed by atoms with Crippen molar-refractivity contribution < 1.29 is 0 Å². The van der Waals surface area contributed by atoms with Crippen molar-refractivity contribution >= 4 is 0 Å². The number of nitrogens with two attached hydrogens (primary N) is 1. The molecule has 2 nitrogen and oxygen atoms in total. The van der Waals surface area contributed by atoms with E-state index in [0.29, 0.717) is 11.5 Å². The second-order valence-corrected chi connectivity index (χ2v) is 5.43. The maximum absolute atomic E-state index is 5.96. The van der Waals surface area contributed by atoms with E-state index in [-0.39, 0.29) is 0 Å². The lowest BCUT2D eigenvalue weighted by atomic mass is 9.95. The molecule has 1 unspecified atom stereocenters. The van der Waals surface area contributed by atoms with Crippen molar-refractivity contribution in [1.82, 2.24) is 4.90 Å². The van der Waals surface area contributed by atoms with Gasteiger partial charge in [0.2, 0.25) is 0 Å². The normalized spacial score (nSPS) is 28.2. The van der Waals surface area contributed by atoms with Gasteiger partial charge in [0.15, 0.2) is 0 Å². The molecule has 0 bridgehead atoms. The van der Waals surface area contributed by atoms with Gasteiger partial charge in [-0.15, -0.1) is 0 Å². The zero-order valence-electron chi connectivity index (χ0n) is 9.73. The van der Waals surface area contributed by atoms with E-state index in [1.54, 1.807) is 0 Å². The van der Waals surface area contributed by atoms with Crippen molar-refractivity contribution in [3.63, 3.8) is 0 Å². The number of hydrogen-bond acceptors (Lipinski definition) is 2. The van der Waals surface area contributed by atoms with Crippen LogP contribution in [-0.4, -0.2) is 30.6 Å². The Morgan fingerprint density at radius 3 is 2.56 bits per heavy atom. The van der Waals surface area contributed by atoms with Crippen LogP contribution in [0.1, 0.15) is 24.8 Å². The highest BCUT2D eigenvalue weighted by Gasteiger charge is 2.45. The molecule has 2 fully saturated rings. The largest absolute Gasteiger partial charge is 0.326 e. The maximum atomic E-state index is 5.96. The minimum Gasteiger partial charge on any atom is -0.326 e. The molecule has 0 aromatic heterocycles. The van der Waals surface area contributed by atoms with E-state index >= 15 is 0 Å². The SMILES string of the molecule is NC1CCN(CC2(c3ccccc3)CC2)C1. The molecule has 1 aromatic rings. The first-order chi connectivity index (χ1) is 7.78. The molecule has 3 rings (SSSR count). The molecule has 0 amide bonds. The molecule has 1 aromatic carbocycles. The average molecular weight is 216 g/mol. The Balaban J connectivity index is 1.70. The zero-order valence-corrected chi connectivity index (χ0v) is 9.73. The minimum atomic E-state index is 0.409. The highest BCUT2D eigenvalue weighted by Crippen LogP contribution is 2.48. The Morgan fingerprint density at radius 1 is 1.25 bits per heavy atom. The lowest BCUT2D eigenvalue weighted by molar-refractivity contribution is 0.301. The summed E-state index contributed by atoms with van der Waals surface area (Å²) in [5.41, 5.74) is 7.95. The van der Waals surface area contributed by atoms with Crippen molar-refractivity contribution in [1.29, 1.82) is 0 Å². The van der Waals surface area contributed by atoms with Gasteiger partial charge < -0.3 is 10.6 Å². The van der Waals surface area contributed by atoms with Crippen LogP contribution in [0.3, 0.4) is 0 Å². The molecule has 0 radical (unpaired) electrons. The molecule has 2 aliphatic rings. The molecule has 1 aliphatic heterocycles. The van der Waals surface area contributed by atoms with Gasteiger partial charge in [-0.25, -0.2) is 0 Å². The van der Waals surface area contributed by atoms with Crippen molar-refractivity contribution in [2.75, 3.05) is 19.6 Å². The Hall–Kier alpha value is -0.860. The second kappa shape index (κ2) is 3.86. The molecule has 1 saturated heterocycles. The van der Waals surface area contributed by atoms with Crippen LogP contribution < -0.4 is 5.73 Å². The fourth-order valence-corrected chi connectivity index (χ4v) is 2.91. The van der Waals surface area contributed by atoms with Crippen molar-refractivity contribution in [3.05, 3.63) is 35.9 Å². The number of likely N-dealkylation sites (tertiary alicyclic amines) is 1. The first-order valence-electron chi connectivity index (χ1n) is 6.32. The Labute approximate surface area is 97.4 Å². The molecular formula is C14H20N2. The van der Waals surface area contributed by atoms with Crippen LogP contribution in [0.15, 0.2) is 30.3 Å². The third-order valence-electron chi connectivity index (χ3n) is 4.07. The third kappa shape index (κ3) is 1.87. The van der Waals surface area contributed by atoms with Gasteiger partial charge in [0.25, 0.3) is 0 Å². The lowest BCUT2D eigenvalue weighted by Gasteiger charge is -2.23. The quantitative estimate of drug-likeness (QED) is 0.834. The van der Waals surface area contributed by atoms with Crippen LogP contribution in [0.5, 0.6) is 0 Å². The summed E-state index contributed by atoms with van der Waals surface area (Å²) in [4.78, 5) is 2.55. The van der Waals surface area contributed by atoms with Crippen LogP contribution in [0, 0.1) is 0 Å². The van der Waals surface area contributed by atoms with Gasteiger partial charge in [-0.05, 0) is 31.4 Å². The summed E-state index contributed by atoms with van der Waals surface area (Å²) in [6, 6.07) is 11.4. The first kappa shape index (κ1) is 10.3. The Kier molecular flexibility index (Phi) is 2.49. The molecule has 1 saturated carbocycles. The number of hydrogen-bond donors (Lipinski definition) is 1. The minimum absolute atomic E-state index is 0.409. The molecule has 0 spiro atoms. The smallest absolute Gasteiger partial charge is 0.0180 e. The number of benzene rings is 1. The highest BCUT2D eigenvalue weighted by atomic mass is 15.2. The van der Waals surface area contributed by atoms with Crippen LogP contribution in [0.4, 0.5) is 0 Å². The first-order valence-corrected chi connectivity index (χ1v) is 6.32. The molecule has 86 valence electrons. The predicted molar refractivity (Wildman–Crippen MR) is 66.4 cm³/mol. The number of rotatable bonds is 3. The summed E-state index contributed by atoms with van der Waals surface area (Å²) >= 11 is 0. The van der Waals surface area contributed by atoms with E-state index in [0.717, 1.165) is 6.54 Å². The van der Waals surface area contributed by atoms with Gasteiger partial charge in [-0.2, -0.15) is 0 Å². The molecule has 1 heterocycles.